The summed E-state index contributed by atoms with van der Waals surface area (Å²) in [5.74, 6) is -0.925. The van der Waals surface area contributed by atoms with Crippen molar-refractivity contribution in [3.05, 3.63) is 51.2 Å². The molecule has 0 aromatic heterocycles. The van der Waals surface area contributed by atoms with E-state index in [0.29, 0.717) is 17.6 Å². The van der Waals surface area contributed by atoms with Gasteiger partial charge in [0, 0.05) is 24.5 Å². The Morgan fingerprint density at radius 3 is 2.60 bits per heavy atom. The van der Waals surface area contributed by atoms with E-state index in [4.69, 9.17) is 4.74 Å². The molecular formula is C17H18N2O6. The van der Waals surface area contributed by atoms with Crippen LogP contribution < -0.4 is 0 Å². The minimum absolute atomic E-state index is 0.0483. The molecule has 0 bridgehead atoms. The topological polar surface area (TPSA) is 110 Å². The van der Waals surface area contributed by atoms with E-state index in [2.05, 4.69) is 0 Å². The number of esters is 1. The van der Waals surface area contributed by atoms with Crippen molar-refractivity contribution in [1.82, 2.24) is 4.90 Å². The molecule has 8 nitrogen and oxygen atoms in total. The molecule has 2 aliphatic heterocycles. The molecular weight excluding hydrogens is 328 g/mol. The summed E-state index contributed by atoms with van der Waals surface area (Å²) in [7, 11) is 0. The van der Waals surface area contributed by atoms with E-state index in [9.17, 15) is 24.8 Å². The first-order valence-electron chi connectivity index (χ1n) is 7.96. The molecule has 3 unspecified atom stereocenters. The lowest BCUT2D eigenvalue weighted by atomic mass is 9.88. The fourth-order valence-corrected chi connectivity index (χ4v) is 3.42. The Kier molecular flexibility index (Phi) is 4.30. The molecule has 0 saturated carbocycles. The first kappa shape index (κ1) is 17.1. The van der Waals surface area contributed by atoms with Crippen LogP contribution in [0, 0.1) is 16.0 Å². The zero-order valence-corrected chi connectivity index (χ0v) is 13.8. The largest absolute Gasteiger partial charge is 0.456 e. The zero-order chi connectivity index (χ0) is 18.3. The van der Waals surface area contributed by atoms with Crippen molar-refractivity contribution in [1.29, 1.82) is 0 Å². The average Bonchev–Trinajstić information content (AvgIpc) is 2.80. The highest BCUT2D eigenvalue weighted by molar-refractivity contribution is 5.99. The predicted octanol–water partition coefficient (Wildman–Crippen LogP) is 1.52. The monoisotopic (exact) mass is 346 g/mol. The number of amides is 1. The highest BCUT2D eigenvalue weighted by atomic mass is 16.6. The highest BCUT2D eigenvalue weighted by Crippen LogP contribution is 2.44. The number of hydrogen-bond donors (Lipinski definition) is 1. The van der Waals surface area contributed by atoms with Crippen LogP contribution >= 0.6 is 0 Å². The molecule has 25 heavy (non-hydrogen) atoms. The van der Waals surface area contributed by atoms with Crippen molar-refractivity contribution in [3.63, 3.8) is 0 Å². The second-order valence-corrected chi connectivity index (χ2v) is 6.30. The lowest BCUT2D eigenvalue weighted by molar-refractivity contribution is -0.384. The molecule has 2 heterocycles. The minimum atomic E-state index is -0.852. The van der Waals surface area contributed by atoms with Gasteiger partial charge in [-0.1, -0.05) is 6.92 Å². The summed E-state index contributed by atoms with van der Waals surface area (Å²) in [6.07, 6.45) is -0.494. The average molecular weight is 346 g/mol. The van der Waals surface area contributed by atoms with Crippen LogP contribution in [0.4, 0.5) is 5.69 Å². The maximum Gasteiger partial charge on any atom is 0.355 e. The Hall–Kier alpha value is -2.74. The molecule has 1 amide bonds. The maximum atomic E-state index is 12.5. The molecule has 3 rings (SSSR count). The van der Waals surface area contributed by atoms with Gasteiger partial charge < -0.3 is 14.7 Å². The lowest BCUT2D eigenvalue weighted by Gasteiger charge is -2.37. The summed E-state index contributed by atoms with van der Waals surface area (Å²) < 4.78 is 5.27. The van der Waals surface area contributed by atoms with Crippen molar-refractivity contribution in [2.24, 2.45) is 5.92 Å². The van der Waals surface area contributed by atoms with Crippen LogP contribution in [0.1, 0.15) is 25.8 Å². The summed E-state index contributed by atoms with van der Waals surface area (Å²) in [6, 6.07) is 5.57. The van der Waals surface area contributed by atoms with Crippen LogP contribution in [0.5, 0.6) is 0 Å². The molecule has 1 saturated heterocycles. The van der Waals surface area contributed by atoms with E-state index in [0.717, 1.165) is 0 Å². The second-order valence-electron chi connectivity index (χ2n) is 6.30. The van der Waals surface area contributed by atoms with Gasteiger partial charge in [-0.25, -0.2) is 4.79 Å². The summed E-state index contributed by atoms with van der Waals surface area (Å²) in [5.41, 5.74) is 1.19. The number of fused-ring (bicyclic) bond motifs is 1. The van der Waals surface area contributed by atoms with Crippen molar-refractivity contribution >= 4 is 17.6 Å². The van der Waals surface area contributed by atoms with Gasteiger partial charge in [0.2, 0.25) is 5.91 Å². The number of aliphatic hydroxyl groups excluding tert-OH is 1. The van der Waals surface area contributed by atoms with E-state index in [-0.39, 0.29) is 35.9 Å². The first-order valence-corrected chi connectivity index (χ1v) is 7.96. The van der Waals surface area contributed by atoms with Crippen LogP contribution in [0.25, 0.3) is 0 Å². The Morgan fingerprint density at radius 1 is 1.44 bits per heavy atom. The smallest absolute Gasteiger partial charge is 0.355 e. The van der Waals surface area contributed by atoms with Gasteiger partial charge in [0.1, 0.15) is 12.3 Å². The fraction of sp³-hybridized carbons (Fsp3) is 0.412. The number of ether oxygens (including phenoxy) is 1. The van der Waals surface area contributed by atoms with Gasteiger partial charge in [-0.05, 0) is 30.2 Å². The van der Waals surface area contributed by atoms with Crippen molar-refractivity contribution in [3.8, 4) is 0 Å². The molecule has 1 N–H and O–H groups in total. The number of nitro groups is 1. The van der Waals surface area contributed by atoms with Crippen LogP contribution in [0.2, 0.25) is 0 Å². The number of nitro benzene ring substituents is 1. The number of carbonyl (C=O) groups excluding carboxylic acids is 2. The molecule has 1 aromatic carbocycles. The number of aliphatic hydroxyl groups is 1. The number of nitrogens with zero attached hydrogens (tertiary/aromatic N) is 2. The summed E-state index contributed by atoms with van der Waals surface area (Å²) in [6.45, 7) is 3.36. The maximum absolute atomic E-state index is 12.5. The number of benzene rings is 1. The number of carbonyl (C=O) groups is 2. The zero-order valence-electron chi connectivity index (χ0n) is 13.8. The summed E-state index contributed by atoms with van der Waals surface area (Å²) >= 11 is 0. The Balaban J connectivity index is 1.75. The molecule has 0 spiro atoms. The van der Waals surface area contributed by atoms with Crippen molar-refractivity contribution in [2.45, 2.75) is 39.0 Å². The third-order valence-corrected chi connectivity index (χ3v) is 4.73. The number of β-lactam (4-membered cyclic amide) rings is 1. The third kappa shape index (κ3) is 2.89. The first-order chi connectivity index (χ1) is 11.8. The number of hydrogen-bond acceptors (Lipinski definition) is 6. The normalized spacial score (nSPS) is 23.2. The molecule has 132 valence electrons. The van der Waals surface area contributed by atoms with Crippen LogP contribution in [-0.4, -0.2) is 39.0 Å². The number of non-ortho nitro benzene ring substituents is 1. The summed E-state index contributed by atoms with van der Waals surface area (Å²) in [5, 5.41) is 20.6. The number of rotatable bonds is 5. The van der Waals surface area contributed by atoms with Crippen LogP contribution in [0.3, 0.4) is 0 Å². The molecule has 0 radical (unpaired) electrons. The van der Waals surface area contributed by atoms with Gasteiger partial charge >= 0.3 is 5.97 Å². The minimum Gasteiger partial charge on any atom is -0.456 e. The SMILES string of the molecule is CC(O)C1=C(C(=O)OCc2ccc([N+](=O)[O-])cc2)N2C(=O)CC2C1C. The Bertz CT molecular complexity index is 768. The van der Waals surface area contributed by atoms with Crippen molar-refractivity contribution < 1.29 is 24.4 Å². The van der Waals surface area contributed by atoms with E-state index >= 15 is 0 Å². The summed E-state index contributed by atoms with van der Waals surface area (Å²) in [4.78, 5) is 35.9. The van der Waals surface area contributed by atoms with E-state index in [1.807, 2.05) is 6.92 Å². The second kappa shape index (κ2) is 6.29. The Morgan fingerprint density at radius 2 is 2.08 bits per heavy atom. The van der Waals surface area contributed by atoms with E-state index < -0.39 is 17.0 Å². The Labute approximate surface area is 143 Å². The predicted molar refractivity (Wildman–Crippen MR) is 86.0 cm³/mol. The van der Waals surface area contributed by atoms with E-state index in [1.54, 1.807) is 6.92 Å². The molecule has 0 aliphatic carbocycles. The quantitative estimate of drug-likeness (QED) is 0.375. The molecule has 1 aromatic rings. The molecule has 8 heteroatoms. The van der Waals surface area contributed by atoms with Crippen molar-refractivity contribution in [2.75, 3.05) is 0 Å². The molecule has 3 atom stereocenters. The van der Waals surface area contributed by atoms with Gasteiger partial charge in [0.15, 0.2) is 0 Å². The van der Waals surface area contributed by atoms with Gasteiger partial charge in [0.25, 0.3) is 5.69 Å². The van der Waals surface area contributed by atoms with Gasteiger partial charge in [0.05, 0.1) is 17.1 Å². The molecule has 2 aliphatic rings. The van der Waals surface area contributed by atoms with Crippen LogP contribution in [-0.2, 0) is 20.9 Å². The lowest BCUT2D eigenvalue weighted by Crippen LogP contribution is -2.51. The standard InChI is InChI=1S/C17H18N2O6/c1-9-13-7-14(21)18(13)16(15(9)10(2)20)17(22)25-8-11-3-5-12(6-4-11)19(23)24/h3-6,9-10,13,20H,7-8H2,1-2H3. The van der Waals surface area contributed by atoms with Gasteiger partial charge in [-0.15, -0.1) is 0 Å². The molecule has 1 fully saturated rings. The van der Waals surface area contributed by atoms with Gasteiger partial charge in [-0.2, -0.15) is 0 Å². The highest BCUT2D eigenvalue weighted by Gasteiger charge is 2.52. The van der Waals surface area contributed by atoms with Crippen LogP contribution in [0.15, 0.2) is 35.5 Å². The van der Waals surface area contributed by atoms with Gasteiger partial charge in [-0.3, -0.25) is 14.9 Å². The fourth-order valence-electron chi connectivity index (χ4n) is 3.42. The van der Waals surface area contributed by atoms with E-state index in [1.165, 1.54) is 29.2 Å². The third-order valence-electron chi connectivity index (χ3n) is 4.73.